The zero-order valence-electron chi connectivity index (χ0n) is 23.9. The lowest BCUT2D eigenvalue weighted by Gasteiger charge is -2.13. The molecule has 1 N–H and O–H groups in total. The Morgan fingerprint density at radius 3 is 2.18 bits per heavy atom. The monoisotopic (exact) mass is 608 g/mol. The second-order valence-corrected chi connectivity index (χ2v) is 11.6. The van der Waals surface area contributed by atoms with E-state index in [1.165, 1.54) is 29.1 Å². The van der Waals surface area contributed by atoms with Crippen LogP contribution in [0.2, 0.25) is 0 Å². The van der Waals surface area contributed by atoms with Crippen LogP contribution in [0.25, 0.3) is 0 Å². The summed E-state index contributed by atoms with van der Waals surface area (Å²) in [5.41, 5.74) is 4.77. The number of benzene rings is 4. The topological polar surface area (TPSA) is 59.9 Å². The van der Waals surface area contributed by atoms with Crippen molar-refractivity contribution in [3.05, 3.63) is 141 Å². The first-order chi connectivity index (χ1) is 21.5. The summed E-state index contributed by atoms with van der Waals surface area (Å²) >= 11 is 1.56. The van der Waals surface area contributed by atoms with Gasteiger partial charge < -0.3 is 14.8 Å². The number of fused-ring (bicyclic) bond motifs is 1. The molecular formula is C36H30F2N2O3S. The third-order valence-corrected chi connectivity index (χ3v) is 8.54. The van der Waals surface area contributed by atoms with Crippen LogP contribution in [0, 0.1) is 11.6 Å². The van der Waals surface area contributed by atoms with Crippen LogP contribution in [0.3, 0.4) is 0 Å². The van der Waals surface area contributed by atoms with Gasteiger partial charge in [0.15, 0.2) is 0 Å². The number of hydrogen-bond acceptors (Lipinski definition) is 5. The second-order valence-electron chi connectivity index (χ2n) is 10.5. The predicted octanol–water partition coefficient (Wildman–Crippen LogP) is 9.07. The van der Waals surface area contributed by atoms with E-state index in [1.54, 1.807) is 47.9 Å². The first kappa shape index (κ1) is 29.3. The van der Waals surface area contributed by atoms with Gasteiger partial charge in [-0.2, -0.15) is 0 Å². The number of carbonyl (C=O) groups excluding carboxylic acids is 1. The largest absolute Gasteiger partial charge is 0.489 e. The standard InChI is InChI=1S/C36H30F2N2O3S/c37-27-15-10-24(11-16-27)22-42-30-19-14-26(32(20-30)43-23-25-12-17-28(38)18-13-25)21-39-36-34(31-8-4-5-9-33(31)44-36)35(41)40-29-6-2-1-3-7-29/h1-3,6-7,10-21H,4-5,8-9,22-23H2,(H,40,41). The van der Waals surface area contributed by atoms with E-state index in [0.29, 0.717) is 27.6 Å². The predicted molar refractivity (Wildman–Crippen MR) is 171 cm³/mol. The van der Waals surface area contributed by atoms with Gasteiger partial charge in [-0.05, 0) is 90.9 Å². The highest BCUT2D eigenvalue weighted by Crippen LogP contribution is 2.40. The van der Waals surface area contributed by atoms with E-state index in [4.69, 9.17) is 14.5 Å². The first-order valence-corrected chi connectivity index (χ1v) is 15.3. The fourth-order valence-electron chi connectivity index (χ4n) is 5.04. The van der Waals surface area contributed by atoms with Gasteiger partial charge in [0.1, 0.15) is 41.3 Å². The van der Waals surface area contributed by atoms with Crippen molar-refractivity contribution in [3.8, 4) is 11.5 Å². The number of carbonyl (C=O) groups is 1. The third-order valence-electron chi connectivity index (χ3n) is 7.34. The van der Waals surface area contributed by atoms with Crippen LogP contribution in [0.5, 0.6) is 11.5 Å². The van der Waals surface area contributed by atoms with Crippen LogP contribution >= 0.6 is 11.3 Å². The van der Waals surface area contributed by atoms with Gasteiger partial charge in [-0.3, -0.25) is 4.79 Å². The summed E-state index contributed by atoms with van der Waals surface area (Å²) in [5, 5.41) is 3.69. The lowest BCUT2D eigenvalue weighted by atomic mass is 9.95. The Morgan fingerprint density at radius 2 is 1.48 bits per heavy atom. The minimum Gasteiger partial charge on any atom is -0.489 e. The highest BCUT2D eigenvalue weighted by molar-refractivity contribution is 7.16. The Kier molecular flexibility index (Phi) is 9.08. The van der Waals surface area contributed by atoms with Gasteiger partial charge in [0.25, 0.3) is 5.91 Å². The van der Waals surface area contributed by atoms with Crippen LogP contribution in [0.1, 0.15) is 50.3 Å². The Morgan fingerprint density at radius 1 is 0.818 bits per heavy atom. The molecule has 1 aromatic heterocycles. The van der Waals surface area contributed by atoms with Crippen molar-refractivity contribution in [3.63, 3.8) is 0 Å². The van der Waals surface area contributed by atoms with Crippen molar-refractivity contribution in [1.29, 1.82) is 0 Å². The van der Waals surface area contributed by atoms with Crippen LogP contribution in [-0.2, 0) is 26.1 Å². The van der Waals surface area contributed by atoms with E-state index in [-0.39, 0.29) is 30.8 Å². The Labute approximate surface area is 258 Å². The summed E-state index contributed by atoms with van der Waals surface area (Å²) in [6, 6.07) is 27.1. The first-order valence-electron chi connectivity index (χ1n) is 14.5. The van der Waals surface area contributed by atoms with E-state index in [0.717, 1.165) is 48.1 Å². The molecule has 0 fully saturated rings. The van der Waals surface area contributed by atoms with Crippen LogP contribution in [-0.4, -0.2) is 12.1 Å². The lowest BCUT2D eigenvalue weighted by Crippen LogP contribution is -2.14. The minimum absolute atomic E-state index is 0.167. The number of aryl methyl sites for hydroxylation is 1. The maximum Gasteiger partial charge on any atom is 0.259 e. The molecule has 0 spiro atoms. The molecule has 6 rings (SSSR count). The fourth-order valence-corrected chi connectivity index (χ4v) is 6.28. The SMILES string of the molecule is O=C(Nc1ccccc1)c1c(N=Cc2ccc(OCc3ccc(F)cc3)cc2OCc2ccc(F)cc2)sc2c1CCCC2. The van der Waals surface area contributed by atoms with Crippen molar-refractivity contribution in [2.24, 2.45) is 4.99 Å². The van der Waals surface area contributed by atoms with E-state index >= 15 is 0 Å². The van der Waals surface area contributed by atoms with Gasteiger partial charge in [-0.25, -0.2) is 13.8 Å². The van der Waals surface area contributed by atoms with Gasteiger partial charge in [0.05, 0.1) is 5.56 Å². The molecule has 0 atom stereocenters. The van der Waals surface area contributed by atoms with E-state index in [1.807, 2.05) is 42.5 Å². The van der Waals surface area contributed by atoms with Crippen molar-refractivity contribution < 1.29 is 23.0 Å². The van der Waals surface area contributed by atoms with Gasteiger partial charge in [-0.15, -0.1) is 11.3 Å². The van der Waals surface area contributed by atoms with Crippen molar-refractivity contribution in [2.75, 3.05) is 5.32 Å². The van der Waals surface area contributed by atoms with E-state index in [9.17, 15) is 13.6 Å². The molecule has 1 aliphatic carbocycles. The molecule has 0 bridgehead atoms. The minimum atomic E-state index is -0.316. The number of para-hydroxylation sites is 1. The fraction of sp³-hybridized carbons (Fsp3) is 0.167. The molecule has 222 valence electrons. The number of nitrogens with one attached hydrogen (secondary N) is 1. The maximum atomic E-state index is 13.5. The average Bonchev–Trinajstić information content (AvgIpc) is 3.43. The van der Waals surface area contributed by atoms with Gasteiger partial charge in [0, 0.05) is 28.4 Å². The van der Waals surface area contributed by atoms with Crippen molar-refractivity contribution >= 4 is 34.1 Å². The Balaban J connectivity index is 1.28. The normalized spacial score (nSPS) is 12.6. The molecule has 1 heterocycles. The smallest absolute Gasteiger partial charge is 0.259 e. The van der Waals surface area contributed by atoms with Crippen LogP contribution < -0.4 is 14.8 Å². The Bertz CT molecular complexity index is 1770. The zero-order chi connectivity index (χ0) is 30.3. The molecular weight excluding hydrogens is 578 g/mol. The highest BCUT2D eigenvalue weighted by atomic mass is 32.1. The number of thiophene rings is 1. The van der Waals surface area contributed by atoms with Crippen LogP contribution in [0.4, 0.5) is 19.5 Å². The lowest BCUT2D eigenvalue weighted by molar-refractivity contribution is 0.102. The van der Waals surface area contributed by atoms with Crippen molar-refractivity contribution in [2.45, 2.75) is 38.9 Å². The summed E-state index contributed by atoms with van der Waals surface area (Å²) in [7, 11) is 0. The molecule has 0 unspecified atom stereocenters. The number of aliphatic imine (C=N–C) groups is 1. The zero-order valence-corrected chi connectivity index (χ0v) is 24.7. The molecule has 5 aromatic rings. The van der Waals surface area contributed by atoms with Crippen molar-refractivity contribution in [1.82, 2.24) is 0 Å². The maximum absolute atomic E-state index is 13.5. The molecule has 4 aromatic carbocycles. The summed E-state index contributed by atoms with van der Waals surface area (Å²) < 4.78 is 38.9. The molecule has 1 aliphatic rings. The summed E-state index contributed by atoms with van der Waals surface area (Å²) in [6.07, 6.45) is 5.63. The molecule has 0 radical (unpaired) electrons. The average molecular weight is 609 g/mol. The summed E-state index contributed by atoms with van der Waals surface area (Å²) in [5.74, 6) is 0.297. The molecule has 0 saturated heterocycles. The number of amides is 1. The van der Waals surface area contributed by atoms with Gasteiger partial charge in [-0.1, -0.05) is 42.5 Å². The third kappa shape index (κ3) is 7.21. The molecule has 44 heavy (non-hydrogen) atoms. The quantitative estimate of drug-likeness (QED) is 0.161. The van der Waals surface area contributed by atoms with Gasteiger partial charge >= 0.3 is 0 Å². The highest BCUT2D eigenvalue weighted by Gasteiger charge is 2.25. The number of nitrogens with zero attached hydrogens (tertiary/aromatic N) is 1. The van der Waals surface area contributed by atoms with Gasteiger partial charge in [0.2, 0.25) is 0 Å². The summed E-state index contributed by atoms with van der Waals surface area (Å²) in [4.78, 5) is 19.6. The number of rotatable bonds is 10. The second kappa shape index (κ2) is 13.7. The number of ether oxygens (including phenoxy) is 2. The van der Waals surface area contributed by atoms with E-state index in [2.05, 4.69) is 5.32 Å². The number of hydrogen-bond donors (Lipinski definition) is 1. The van der Waals surface area contributed by atoms with Crippen LogP contribution in [0.15, 0.2) is 102 Å². The molecule has 8 heteroatoms. The number of halogens is 2. The molecule has 0 aliphatic heterocycles. The molecule has 5 nitrogen and oxygen atoms in total. The molecule has 1 amide bonds. The summed E-state index contributed by atoms with van der Waals surface area (Å²) in [6.45, 7) is 0.465. The number of anilines is 1. The molecule has 0 saturated carbocycles. The van der Waals surface area contributed by atoms with E-state index < -0.39 is 0 Å². The Hall–Kier alpha value is -4.82.